The maximum Gasteiger partial charge on any atom is 0.573 e. The topological polar surface area (TPSA) is 104 Å². The molecule has 1 amide bonds. The van der Waals surface area contributed by atoms with Gasteiger partial charge in [-0.05, 0) is 59.6 Å². The molecule has 3 aromatic rings. The average Bonchev–Trinajstić information content (AvgIpc) is 2.73. The average molecular weight is 449 g/mol. The Morgan fingerprint density at radius 3 is 2.38 bits per heavy atom. The van der Waals surface area contributed by atoms with Gasteiger partial charge in [-0.15, -0.1) is 13.2 Å². The molecule has 32 heavy (non-hydrogen) atoms. The van der Waals surface area contributed by atoms with E-state index in [1.54, 1.807) is 0 Å². The summed E-state index contributed by atoms with van der Waals surface area (Å²) >= 11 is 0. The highest BCUT2D eigenvalue weighted by Gasteiger charge is 2.31. The summed E-state index contributed by atoms with van der Waals surface area (Å²) in [4.78, 5) is 16.3. The number of aromatic nitrogens is 1. The molecule has 0 saturated heterocycles. The lowest BCUT2D eigenvalue weighted by Crippen LogP contribution is -2.34. The third kappa shape index (κ3) is 6.43. The number of carbonyl (C=O) groups is 1. The normalized spacial score (nSPS) is 11.1. The first kappa shape index (κ1) is 23.0. The molecule has 1 aromatic heterocycles. The molecule has 0 saturated carbocycles. The van der Waals surface area contributed by atoms with Crippen molar-refractivity contribution in [3.05, 3.63) is 77.7 Å². The number of nitrogens with one attached hydrogen (secondary N) is 2. The molecule has 0 unspecified atom stereocenters. The van der Waals surface area contributed by atoms with E-state index in [1.807, 2.05) is 0 Å². The SMILES string of the molecule is O=C(Nc1ccc(F)cc1)c1ccc(NCc2cc(OC(F)(F)F)ccc2B(O)O)nc1. The summed E-state index contributed by atoms with van der Waals surface area (Å²) in [6.07, 6.45) is -3.62. The van der Waals surface area contributed by atoms with E-state index in [1.165, 1.54) is 42.6 Å². The van der Waals surface area contributed by atoms with Crippen LogP contribution in [0.5, 0.6) is 5.75 Å². The molecule has 1 heterocycles. The Bertz CT molecular complexity index is 1080. The van der Waals surface area contributed by atoms with Crippen LogP contribution < -0.4 is 20.8 Å². The van der Waals surface area contributed by atoms with Gasteiger partial charge in [-0.3, -0.25) is 4.79 Å². The Morgan fingerprint density at radius 1 is 1.06 bits per heavy atom. The number of rotatable bonds is 7. The van der Waals surface area contributed by atoms with Crippen molar-refractivity contribution in [2.24, 2.45) is 0 Å². The third-order valence-electron chi connectivity index (χ3n) is 4.21. The van der Waals surface area contributed by atoms with Crippen LogP contribution in [-0.2, 0) is 6.54 Å². The number of ether oxygens (including phenoxy) is 1. The highest BCUT2D eigenvalue weighted by molar-refractivity contribution is 6.59. The van der Waals surface area contributed by atoms with Crippen LogP contribution in [0.4, 0.5) is 29.1 Å². The standard InChI is InChI=1S/C20H16BF4N3O4/c22-14-2-4-15(5-3-14)28-19(29)12-1-8-18(26-10-12)27-11-13-9-16(32-20(23,24)25)6-7-17(13)21(30)31/h1-10,30-31H,11H2,(H,26,27)(H,28,29). The van der Waals surface area contributed by atoms with Gasteiger partial charge in [0, 0.05) is 18.4 Å². The van der Waals surface area contributed by atoms with Gasteiger partial charge >= 0.3 is 13.5 Å². The maximum absolute atomic E-state index is 12.9. The molecule has 0 spiro atoms. The predicted molar refractivity (Wildman–Crippen MR) is 109 cm³/mol. The van der Waals surface area contributed by atoms with Gasteiger partial charge in [0.2, 0.25) is 0 Å². The lowest BCUT2D eigenvalue weighted by Gasteiger charge is -2.14. The van der Waals surface area contributed by atoms with E-state index in [0.29, 0.717) is 5.69 Å². The molecule has 0 aliphatic rings. The number of hydrogen-bond acceptors (Lipinski definition) is 6. The van der Waals surface area contributed by atoms with Crippen LogP contribution in [-0.4, -0.2) is 34.4 Å². The van der Waals surface area contributed by atoms with Gasteiger partial charge in [0.1, 0.15) is 17.4 Å². The largest absolute Gasteiger partial charge is 0.573 e. The number of pyridine rings is 1. The van der Waals surface area contributed by atoms with Crippen molar-refractivity contribution in [2.45, 2.75) is 12.9 Å². The number of carbonyl (C=O) groups excluding carboxylic acids is 1. The van der Waals surface area contributed by atoms with Gasteiger partial charge in [0.05, 0.1) is 5.56 Å². The summed E-state index contributed by atoms with van der Waals surface area (Å²) < 4.78 is 54.1. The van der Waals surface area contributed by atoms with Crippen molar-refractivity contribution < 1.29 is 37.1 Å². The van der Waals surface area contributed by atoms with Gasteiger partial charge in [-0.25, -0.2) is 9.37 Å². The van der Waals surface area contributed by atoms with Crippen molar-refractivity contribution >= 4 is 30.0 Å². The molecular weight excluding hydrogens is 433 g/mol. The van der Waals surface area contributed by atoms with E-state index in [-0.39, 0.29) is 29.0 Å². The molecule has 0 bridgehead atoms. The molecule has 0 fully saturated rings. The zero-order valence-corrected chi connectivity index (χ0v) is 16.2. The molecule has 166 valence electrons. The molecule has 2 aromatic carbocycles. The Hall–Kier alpha value is -3.64. The lowest BCUT2D eigenvalue weighted by atomic mass is 9.77. The van der Waals surface area contributed by atoms with Crippen molar-refractivity contribution in [1.29, 1.82) is 0 Å². The quantitative estimate of drug-likeness (QED) is 0.327. The van der Waals surface area contributed by atoms with E-state index in [4.69, 9.17) is 0 Å². The van der Waals surface area contributed by atoms with Crippen LogP contribution >= 0.6 is 0 Å². The number of alkyl halides is 3. The van der Waals surface area contributed by atoms with Crippen molar-refractivity contribution in [3.63, 3.8) is 0 Å². The third-order valence-corrected chi connectivity index (χ3v) is 4.21. The molecule has 0 atom stereocenters. The first-order chi connectivity index (χ1) is 15.1. The van der Waals surface area contributed by atoms with Gasteiger partial charge in [0.25, 0.3) is 5.91 Å². The fraction of sp³-hybridized carbons (Fsp3) is 0.100. The number of benzene rings is 2. The Labute approximate surface area is 179 Å². The second kappa shape index (κ2) is 9.66. The van der Waals surface area contributed by atoms with E-state index in [2.05, 4.69) is 20.4 Å². The fourth-order valence-corrected chi connectivity index (χ4v) is 2.74. The molecule has 0 aliphatic carbocycles. The number of hydrogen-bond donors (Lipinski definition) is 4. The summed E-state index contributed by atoms with van der Waals surface area (Å²) in [7, 11) is -1.91. The molecule has 7 nitrogen and oxygen atoms in total. The Kier molecular flexibility index (Phi) is 6.96. The number of nitrogens with zero attached hydrogens (tertiary/aromatic N) is 1. The number of amides is 1. The summed E-state index contributed by atoms with van der Waals surface area (Å²) in [6.45, 7) is -0.101. The predicted octanol–water partition coefficient (Wildman–Crippen LogP) is 2.66. The van der Waals surface area contributed by atoms with Crippen molar-refractivity contribution in [3.8, 4) is 5.75 Å². The van der Waals surface area contributed by atoms with Crippen LogP contribution in [0.2, 0.25) is 0 Å². The monoisotopic (exact) mass is 449 g/mol. The molecule has 3 rings (SSSR count). The van der Waals surface area contributed by atoms with Crippen molar-refractivity contribution in [1.82, 2.24) is 4.98 Å². The minimum absolute atomic E-state index is 0.0117. The van der Waals surface area contributed by atoms with E-state index in [9.17, 15) is 32.4 Å². The highest BCUT2D eigenvalue weighted by atomic mass is 19.4. The Morgan fingerprint density at radius 2 is 1.78 bits per heavy atom. The zero-order chi connectivity index (χ0) is 23.3. The molecule has 0 radical (unpaired) electrons. The van der Waals surface area contributed by atoms with Crippen LogP contribution in [0.3, 0.4) is 0 Å². The summed E-state index contributed by atoms with van der Waals surface area (Å²) in [5, 5.41) is 24.3. The Balaban J connectivity index is 1.67. The summed E-state index contributed by atoms with van der Waals surface area (Å²) in [5.41, 5.74) is 0.741. The second-order valence-electron chi connectivity index (χ2n) is 6.53. The smallest absolute Gasteiger partial charge is 0.423 e. The fourth-order valence-electron chi connectivity index (χ4n) is 2.74. The van der Waals surface area contributed by atoms with E-state index >= 15 is 0 Å². The molecular formula is C20H16BF4N3O4. The minimum atomic E-state index is -4.89. The number of anilines is 2. The van der Waals surface area contributed by atoms with E-state index < -0.39 is 31.0 Å². The van der Waals surface area contributed by atoms with Crippen LogP contribution in [0.25, 0.3) is 0 Å². The first-order valence-electron chi connectivity index (χ1n) is 9.12. The number of halogens is 4. The van der Waals surface area contributed by atoms with Gasteiger partial charge in [-0.2, -0.15) is 0 Å². The van der Waals surface area contributed by atoms with Crippen LogP contribution in [0.1, 0.15) is 15.9 Å². The summed E-state index contributed by atoms with van der Waals surface area (Å²) in [6, 6.07) is 11.2. The van der Waals surface area contributed by atoms with Gasteiger partial charge in [-0.1, -0.05) is 6.07 Å². The highest BCUT2D eigenvalue weighted by Crippen LogP contribution is 2.23. The minimum Gasteiger partial charge on any atom is -0.423 e. The van der Waals surface area contributed by atoms with Crippen molar-refractivity contribution in [2.75, 3.05) is 10.6 Å². The van der Waals surface area contributed by atoms with Crippen LogP contribution in [0, 0.1) is 5.82 Å². The van der Waals surface area contributed by atoms with E-state index in [0.717, 1.165) is 18.2 Å². The second-order valence-corrected chi connectivity index (χ2v) is 6.53. The maximum atomic E-state index is 12.9. The summed E-state index contributed by atoms with van der Waals surface area (Å²) in [5.74, 6) is -1.14. The lowest BCUT2D eigenvalue weighted by molar-refractivity contribution is -0.274. The molecule has 12 heteroatoms. The molecule has 0 aliphatic heterocycles. The first-order valence-corrected chi connectivity index (χ1v) is 9.12. The zero-order valence-electron chi connectivity index (χ0n) is 16.2. The van der Waals surface area contributed by atoms with Gasteiger partial charge in [0.15, 0.2) is 0 Å². The molecule has 4 N–H and O–H groups in total. The van der Waals surface area contributed by atoms with Gasteiger partial charge < -0.3 is 25.4 Å². The van der Waals surface area contributed by atoms with Crippen LogP contribution in [0.15, 0.2) is 60.8 Å².